The van der Waals surface area contributed by atoms with Crippen LogP contribution in [0.2, 0.25) is 0 Å². The van der Waals surface area contributed by atoms with E-state index >= 15 is 0 Å². The van der Waals surface area contributed by atoms with Crippen molar-refractivity contribution >= 4 is 11.9 Å². The molecule has 3 heteroatoms. The number of hydrogen-bond donors (Lipinski definition) is 0. The van der Waals surface area contributed by atoms with Crippen LogP contribution >= 0.6 is 0 Å². The van der Waals surface area contributed by atoms with Crippen molar-refractivity contribution in [1.29, 1.82) is 0 Å². The normalized spacial score (nSPS) is 51.3. The predicted octanol–water partition coefficient (Wildman–Crippen LogP) is 0.898. The molecule has 3 nitrogen and oxygen atoms in total. The lowest BCUT2D eigenvalue weighted by molar-refractivity contribution is -0.155. The highest BCUT2D eigenvalue weighted by atomic mass is 16.6. The molecule has 0 aromatic carbocycles. The molecule has 68 valence electrons. The maximum atomic E-state index is 11.4. The summed E-state index contributed by atoms with van der Waals surface area (Å²) >= 11 is 0. The Morgan fingerprint density at radius 1 is 1.46 bits per heavy atom. The second-order valence-electron chi connectivity index (χ2n) is 4.48. The Morgan fingerprint density at radius 2 is 2.23 bits per heavy atom. The standard InChI is InChI=1S/C10H10O3/c1-10-3-2-5(4-10)6-7(10)9(12)13-8(6)11/h2-3,5-7H,4H2,1H3/t5-,6+,7+,10+/m0/s1. The molecule has 0 spiro atoms. The number of rotatable bonds is 0. The second-order valence-corrected chi connectivity index (χ2v) is 4.48. The van der Waals surface area contributed by atoms with E-state index in [1.54, 1.807) is 0 Å². The molecule has 1 aliphatic heterocycles. The third-order valence-corrected chi connectivity index (χ3v) is 3.66. The van der Waals surface area contributed by atoms with Crippen LogP contribution in [0.5, 0.6) is 0 Å². The van der Waals surface area contributed by atoms with E-state index in [1.165, 1.54) is 0 Å². The first-order chi connectivity index (χ1) is 6.12. The lowest BCUT2D eigenvalue weighted by Gasteiger charge is -2.23. The Hall–Kier alpha value is -1.12. The van der Waals surface area contributed by atoms with E-state index < -0.39 is 0 Å². The van der Waals surface area contributed by atoms with E-state index in [0.29, 0.717) is 0 Å². The van der Waals surface area contributed by atoms with Crippen LogP contribution in [-0.2, 0) is 14.3 Å². The topological polar surface area (TPSA) is 43.4 Å². The first kappa shape index (κ1) is 7.30. The average Bonchev–Trinajstić information content (AvgIpc) is 2.62. The van der Waals surface area contributed by atoms with Gasteiger partial charge in [0.2, 0.25) is 0 Å². The molecule has 0 radical (unpaired) electrons. The van der Waals surface area contributed by atoms with Gasteiger partial charge in [-0.25, -0.2) is 0 Å². The minimum Gasteiger partial charge on any atom is -0.393 e. The molecule has 1 saturated heterocycles. The van der Waals surface area contributed by atoms with E-state index in [0.717, 1.165) is 6.42 Å². The number of ether oxygens (including phenoxy) is 1. The van der Waals surface area contributed by atoms with Crippen LogP contribution in [0.1, 0.15) is 13.3 Å². The Balaban J connectivity index is 2.13. The van der Waals surface area contributed by atoms with Crippen molar-refractivity contribution in [2.45, 2.75) is 13.3 Å². The molecule has 1 saturated carbocycles. The van der Waals surface area contributed by atoms with Crippen LogP contribution < -0.4 is 0 Å². The fraction of sp³-hybridized carbons (Fsp3) is 0.600. The molecule has 13 heavy (non-hydrogen) atoms. The zero-order valence-electron chi connectivity index (χ0n) is 7.32. The quantitative estimate of drug-likeness (QED) is 0.314. The fourth-order valence-corrected chi connectivity index (χ4v) is 3.08. The number of esters is 2. The number of carbonyl (C=O) groups excluding carboxylic acids is 2. The van der Waals surface area contributed by atoms with Gasteiger partial charge in [0.05, 0.1) is 11.8 Å². The zero-order valence-corrected chi connectivity index (χ0v) is 7.32. The summed E-state index contributed by atoms with van der Waals surface area (Å²) in [5, 5.41) is 0. The van der Waals surface area contributed by atoms with Gasteiger partial charge in [0.25, 0.3) is 0 Å². The summed E-state index contributed by atoms with van der Waals surface area (Å²) in [5.74, 6) is -0.760. The van der Waals surface area contributed by atoms with Gasteiger partial charge >= 0.3 is 11.9 Å². The minimum atomic E-state index is -0.315. The van der Waals surface area contributed by atoms with Crippen molar-refractivity contribution in [3.63, 3.8) is 0 Å². The first-order valence-electron chi connectivity index (χ1n) is 4.57. The molecule has 0 aromatic heterocycles. The molecule has 0 amide bonds. The Labute approximate surface area is 75.8 Å². The molecule has 2 bridgehead atoms. The van der Waals surface area contributed by atoms with Gasteiger partial charge in [0.15, 0.2) is 0 Å². The summed E-state index contributed by atoms with van der Waals surface area (Å²) in [6.45, 7) is 2.04. The van der Waals surface area contributed by atoms with Crippen molar-refractivity contribution in [1.82, 2.24) is 0 Å². The molecular formula is C10H10O3. The van der Waals surface area contributed by atoms with E-state index in [9.17, 15) is 9.59 Å². The van der Waals surface area contributed by atoms with Gasteiger partial charge in [-0.05, 0) is 12.3 Å². The van der Waals surface area contributed by atoms with Crippen molar-refractivity contribution in [3.8, 4) is 0 Å². The van der Waals surface area contributed by atoms with Crippen LogP contribution in [-0.4, -0.2) is 11.9 Å². The summed E-state index contributed by atoms with van der Waals surface area (Å²) in [5.41, 5.74) is -0.113. The number of carbonyl (C=O) groups is 2. The molecule has 0 unspecified atom stereocenters. The van der Waals surface area contributed by atoms with Gasteiger partial charge in [-0.15, -0.1) is 0 Å². The third-order valence-electron chi connectivity index (χ3n) is 3.66. The Bertz CT molecular complexity index is 344. The van der Waals surface area contributed by atoms with E-state index in [2.05, 4.69) is 16.9 Å². The molecule has 3 rings (SSSR count). The largest absolute Gasteiger partial charge is 0.393 e. The Kier molecular flexibility index (Phi) is 1.05. The van der Waals surface area contributed by atoms with Crippen LogP contribution in [0.3, 0.4) is 0 Å². The summed E-state index contributed by atoms with van der Waals surface area (Å²) < 4.78 is 4.66. The van der Waals surface area contributed by atoms with Gasteiger partial charge in [-0.3, -0.25) is 9.59 Å². The lowest BCUT2D eigenvalue weighted by atomic mass is 9.76. The summed E-state index contributed by atoms with van der Waals surface area (Å²) in [6.07, 6.45) is 5.06. The van der Waals surface area contributed by atoms with Crippen molar-refractivity contribution in [3.05, 3.63) is 12.2 Å². The molecule has 3 aliphatic rings. The smallest absolute Gasteiger partial charge is 0.318 e. The van der Waals surface area contributed by atoms with Gasteiger partial charge in [0, 0.05) is 5.41 Å². The highest BCUT2D eigenvalue weighted by Gasteiger charge is 2.63. The number of hydrogen-bond acceptors (Lipinski definition) is 3. The van der Waals surface area contributed by atoms with Crippen LogP contribution in [0, 0.1) is 23.2 Å². The zero-order chi connectivity index (χ0) is 9.22. The fourth-order valence-electron chi connectivity index (χ4n) is 3.08. The number of cyclic esters (lactones) is 2. The van der Waals surface area contributed by atoms with E-state index in [1.807, 2.05) is 6.92 Å². The molecule has 1 heterocycles. The highest BCUT2D eigenvalue weighted by Crippen LogP contribution is 2.59. The third kappa shape index (κ3) is 0.666. The second kappa shape index (κ2) is 1.86. The van der Waals surface area contributed by atoms with Gasteiger partial charge in [0.1, 0.15) is 0 Å². The maximum absolute atomic E-state index is 11.4. The van der Waals surface area contributed by atoms with Crippen LogP contribution in [0.15, 0.2) is 12.2 Å². The van der Waals surface area contributed by atoms with Gasteiger partial charge in [-0.2, -0.15) is 0 Å². The summed E-state index contributed by atoms with van der Waals surface area (Å²) in [6, 6.07) is 0. The summed E-state index contributed by atoms with van der Waals surface area (Å²) in [4.78, 5) is 22.7. The number of allylic oxidation sites excluding steroid dienone is 2. The van der Waals surface area contributed by atoms with Crippen LogP contribution in [0.4, 0.5) is 0 Å². The SMILES string of the molecule is C[C@@]12C=C[C@@H](C1)[C@H]1C(=O)OC(=O)[C@@H]12. The van der Waals surface area contributed by atoms with Crippen molar-refractivity contribution in [2.24, 2.45) is 23.2 Å². The molecular weight excluding hydrogens is 168 g/mol. The molecule has 0 N–H and O–H groups in total. The lowest BCUT2D eigenvalue weighted by Crippen LogP contribution is -2.28. The molecule has 4 atom stereocenters. The minimum absolute atomic E-state index is 0.113. The van der Waals surface area contributed by atoms with Gasteiger partial charge < -0.3 is 4.74 Å². The van der Waals surface area contributed by atoms with Gasteiger partial charge in [-0.1, -0.05) is 19.1 Å². The molecule has 2 fully saturated rings. The monoisotopic (exact) mass is 178 g/mol. The van der Waals surface area contributed by atoms with Crippen molar-refractivity contribution in [2.75, 3.05) is 0 Å². The van der Waals surface area contributed by atoms with E-state index in [4.69, 9.17) is 0 Å². The average molecular weight is 178 g/mol. The first-order valence-corrected chi connectivity index (χ1v) is 4.57. The van der Waals surface area contributed by atoms with Crippen molar-refractivity contribution < 1.29 is 14.3 Å². The summed E-state index contributed by atoms with van der Waals surface area (Å²) in [7, 11) is 0. The predicted molar refractivity (Wildman–Crippen MR) is 43.4 cm³/mol. The van der Waals surface area contributed by atoms with Crippen LogP contribution in [0.25, 0.3) is 0 Å². The highest BCUT2D eigenvalue weighted by molar-refractivity contribution is 5.98. The number of fused-ring (bicyclic) bond motifs is 5. The Morgan fingerprint density at radius 3 is 2.92 bits per heavy atom. The molecule has 2 aliphatic carbocycles. The maximum Gasteiger partial charge on any atom is 0.318 e. The van der Waals surface area contributed by atoms with E-state index in [-0.39, 0.29) is 35.1 Å². The molecule has 0 aromatic rings.